The largest absolute Gasteiger partial charge is 0.331 e. The van der Waals surface area contributed by atoms with Crippen LogP contribution < -0.4 is 0 Å². The number of hydrogen-bond donors (Lipinski definition) is 0. The number of aromatic nitrogens is 8. The molecule has 0 unspecified atom stereocenters. The molecule has 0 atom stereocenters. The smallest absolute Gasteiger partial charge is 0.145 e. The Morgan fingerprint density at radius 2 is 0.545 bits per heavy atom. The molecule has 8 heteroatoms. The fourth-order valence-corrected chi connectivity index (χ4v) is 18.1. The Balaban J connectivity index is 0.695. The predicted molar refractivity (Wildman–Crippen MR) is 468 cm³/mol. The van der Waals surface area contributed by atoms with Crippen LogP contribution in [0, 0.1) is 13.8 Å². The van der Waals surface area contributed by atoms with Crippen LogP contribution in [0.25, 0.3) is 221 Å². The molecule has 0 aliphatic rings. The average Bonchev–Trinajstić information content (AvgIpc) is 1.70. The molecule has 0 aliphatic carbocycles. The maximum Gasteiger partial charge on any atom is 0.145 e. The summed E-state index contributed by atoms with van der Waals surface area (Å²) in [6.07, 6.45) is 0. The van der Waals surface area contributed by atoms with Gasteiger partial charge in [-0.15, -0.1) is 0 Å². The average molecular weight is 1430 g/mol. The molecule has 0 saturated carbocycles. The van der Waals surface area contributed by atoms with Crippen molar-refractivity contribution < 1.29 is 0 Å². The third kappa shape index (κ3) is 10.2. The van der Waals surface area contributed by atoms with Crippen LogP contribution >= 0.6 is 0 Å². The first-order valence-corrected chi connectivity index (χ1v) is 38.4. The van der Waals surface area contributed by atoms with Gasteiger partial charge in [0.25, 0.3) is 0 Å². The molecule has 22 rings (SSSR count). The summed E-state index contributed by atoms with van der Waals surface area (Å²) in [6.45, 7) is 4.15. The molecule has 0 saturated heterocycles. The highest BCUT2D eigenvalue weighted by Gasteiger charge is 2.26. The summed E-state index contributed by atoms with van der Waals surface area (Å²) in [5.41, 5.74) is 28.5. The molecule has 526 valence electrons. The number of aryl methyl sites for hydroxylation is 4. The predicted octanol–water partition coefficient (Wildman–Crippen LogP) is 26.7. The van der Waals surface area contributed by atoms with Gasteiger partial charge in [-0.3, -0.25) is 9.13 Å². The summed E-state index contributed by atoms with van der Waals surface area (Å²) in [5.74, 6) is 3.72. The van der Waals surface area contributed by atoms with Gasteiger partial charge in [-0.1, -0.05) is 279 Å². The van der Waals surface area contributed by atoms with E-state index in [-0.39, 0.29) is 0 Å². The van der Waals surface area contributed by atoms with E-state index in [4.69, 9.17) is 19.9 Å². The number of rotatable bonds is 11. The van der Waals surface area contributed by atoms with Crippen molar-refractivity contribution in [2.45, 2.75) is 13.8 Å². The Hall–Kier alpha value is -14.6. The lowest BCUT2D eigenvalue weighted by Gasteiger charge is -2.21. The van der Waals surface area contributed by atoms with Gasteiger partial charge in [-0.05, 0) is 218 Å². The maximum absolute atomic E-state index is 5.70. The van der Waals surface area contributed by atoms with Crippen LogP contribution in [0.5, 0.6) is 0 Å². The van der Waals surface area contributed by atoms with Gasteiger partial charge in [-0.25, -0.2) is 19.9 Å². The Labute approximate surface area is 646 Å². The van der Waals surface area contributed by atoms with Crippen molar-refractivity contribution in [3.8, 4) is 112 Å². The highest BCUT2D eigenvalue weighted by atomic mass is 15.1. The van der Waals surface area contributed by atoms with Crippen LogP contribution in [-0.2, 0) is 14.1 Å². The molecule has 0 aliphatic heterocycles. The fraction of sp³-hybridized carbons (Fsp3) is 0.0385. The molecule has 18 aromatic carbocycles. The number of hydrogen-bond acceptors (Lipinski definition) is 4. The molecule has 0 fully saturated rings. The molecule has 0 amide bonds. The zero-order valence-corrected chi connectivity index (χ0v) is 62.1. The van der Waals surface area contributed by atoms with E-state index < -0.39 is 0 Å². The van der Waals surface area contributed by atoms with Crippen molar-refractivity contribution in [1.29, 1.82) is 0 Å². The second-order valence-corrected chi connectivity index (χ2v) is 29.7. The lowest BCUT2D eigenvalue weighted by molar-refractivity contribution is 0.886. The monoisotopic (exact) mass is 1430 g/mol. The molecular weight excluding hydrogens is 1360 g/mol. The minimum Gasteiger partial charge on any atom is -0.331 e. The number of para-hydroxylation sites is 2. The van der Waals surface area contributed by atoms with E-state index in [1.54, 1.807) is 0 Å². The third-order valence-corrected chi connectivity index (χ3v) is 23.6. The normalized spacial score (nSPS) is 11.9. The van der Waals surface area contributed by atoms with Crippen molar-refractivity contribution in [3.05, 3.63) is 363 Å². The molecule has 0 radical (unpaired) electrons. The summed E-state index contributed by atoms with van der Waals surface area (Å²) in [7, 11) is 4.21. The van der Waals surface area contributed by atoms with Gasteiger partial charge in [0, 0.05) is 36.0 Å². The first-order valence-electron chi connectivity index (χ1n) is 38.4. The summed E-state index contributed by atoms with van der Waals surface area (Å²) in [4.78, 5) is 20.9. The molecule has 22 aromatic rings. The van der Waals surface area contributed by atoms with Gasteiger partial charge < -0.3 is 9.13 Å². The number of nitrogens with zero attached hydrogens (tertiary/aromatic N) is 8. The minimum atomic E-state index is 0.859. The van der Waals surface area contributed by atoms with E-state index in [9.17, 15) is 0 Å². The van der Waals surface area contributed by atoms with Gasteiger partial charge >= 0.3 is 0 Å². The lowest BCUT2D eigenvalue weighted by atomic mass is 9.84. The molecule has 8 nitrogen and oxygen atoms in total. The summed E-state index contributed by atoms with van der Waals surface area (Å²) in [5, 5.41) is 14.0. The van der Waals surface area contributed by atoms with Crippen molar-refractivity contribution >= 4 is 109 Å². The Morgan fingerprint density at radius 3 is 1.05 bits per heavy atom. The Bertz CT molecular complexity index is 7510. The molecule has 0 N–H and O–H groups in total. The first-order chi connectivity index (χ1) is 55.2. The van der Waals surface area contributed by atoms with E-state index in [0.717, 1.165) is 150 Å². The standard InChI is InChI=1S/C104H70N8/c1-63-105-92-55-48-71(59-99(92)109(63)3)73-34-20-36-81-87(73)61-88-74(72-49-56-93-100(60-72)110(4)64(2)106-93)35-21-37-82(88)101(81)85-54-52-76(78-31-15-17-33-80(78)85)67-46-44-65(45-47-67)70-50-57-98-94(58-70)108-104(69-28-12-7-13-29-69)112(98)96-43-23-39-84-90(96)62-89-83(102(84)86-53-51-75(66-24-8-5-9-25-66)77-30-14-16-32-79(77)86)38-22-42-95(89)111-97-41-19-18-40-91(97)107-103(111)68-26-10-6-11-27-68/h5-62H,1-4H3. The van der Waals surface area contributed by atoms with Gasteiger partial charge in [0.1, 0.15) is 23.3 Å². The van der Waals surface area contributed by atoms with E-state index >= 15 is 0 Å². The second-order valence-electron chi connectivity index (χ2n) is 29.7. The van der Waals surface area contributed by atoms with Crippen LogP contribution in [0.3, 0.4) is 0 Å². The Kier molecular flexibility index (Phi) is 14.7. The second kappa shape index (κ2) is 25.5. The highest BCUT2D eigenvalue weighted by molar-refractivity contribution is 6.24. The van der Waals surface area contributed by atoms with Crippen LogP contribution in [0.4, 0.5) is 0 Å². The van der Waals surface area contributed by atoms with Crippen LogP contribution in [-0.4, -0.2) is 38.2 Å². The van der Waals surface area contributed by atoms with Crippen LogP contribution in [0.1, 0.15) is 11.6 Å². The van der Waals surface area contributed by atoms with Crippen LogP contribution in [0.15, 0.2) is 352 Å². The topological polar surface area (TPSA) is 71.3 Å². The van der Waals surface area contributed by atoms with Gasteiger partial charge in [0.05, 0.1) is 55.5 Å². The quantitative estimate of drug-likeness (QED) is 0.121. The van der Waals surface area contributed by atoms with Crippen molar-refractivity contribution in [2.24, 2.45) is 14.1 Å². The van der Waals surface area contributed by atoms with Crippen molar-refractivity contribution in [3.63, 3.8) is 0 Å². The molecule has 4 aromatic heterocycles. The zero-order valence-electron chi connectivity index (χ0n) is 62.1. The highest BCUT2D eigenvalue weighted by Crippen LogP contribution is 2.50. The first kappa shape index (κ1) is 64.6. The number of benzene rings is 18. The molecule has 4 heterocycles. The van der Waals surface area contributed by atoms with Gasteiger partial charge in [0.15, 0.2) is 0 Å². The summed E-state index contributed by atoms with van der Waals surface area (Å²) < 4.78 is 9.15. The van der Waals surface area contributed by atoms with Crippen molar-refractivity contribution in [1.82, 2.24) is 38.2 Å². The van der Waals surface area contributed by atoms with Gasteiger partial charge in [0.2, 0.25) is 0 Å². The Morgan fingerprint density at radius 1 is 0.196 bits per heavy atom. The number of imidazole rings is 4. The minimum absolute atomic E-state index is 0.859. The molecular formula is C104H70N8. The third-order valence-electron chi connectivity index (χ3n) is 23.6. The summed E-state index contributed by atoms with van der Waals surface area (Å²) >= 11 is 0. The van der Waals surface area contributed by atoms with E-state index in [2.05, 4.69) is 398 Å². The molecule has 0 spiro atoms. The molecule has 112 heavy (non-hydrogen) atoms. The van der Waals surface area contributed by atoms with E-state index in [0.29, 0.717) is 0 Å². The number of fused-ring (bicyclic) bond motifs is 10. The zero-order chi connectivity index (χ0) is 74.4. The fourth-order valence-electron chi connectivity index (χ4n) is 18.1. The lowest BCUT2D eigenvalue weighted by Crippen LogP contribution is -2.02. The maximum atomic E-state index is 5.70. The van der Waals surface area contributed by atoms with Crippen molar-refractivity contribution in [2.75, 3.05) is 0 Å². The van der Waals surface area contributed by atoms with E-state index in [1.165, 1.54) is 82.0 Å². The molecule has 0 bridgehead atoms. The SMILES string of the molecule is Cc1nc2ccc(-c3cccc4c(-c5ccc(-c6ccc(-c7ccc8c(c7)nc(-c7ccccc7)n8-c7cccc8c(-c9ccc(-c%10ccccc%10)c%10ccccc9%10)c9cccc(-n%10c(-c%11ccccc%11)nc%11ccccc%11%10)c9cc78)cc6)c6ccccc56)c5cccc(-c6ccc7nc(C)n(C)c7c6)c5cc34)cc2n1C. The van der Waals surface area contributed by atoms with E-state index in [1.807, 2.05) is 0 Å². The van der Waals surface area contributed by atoms with Crippen LogP contribution in [0.2, 0.25) is 0 Å². The summed E-state index contributed by atoms with van der Waals surface area (Å²) in [6, 6.07) is 129. The van der Waals surface area contributed by atoms with Gasteiger partial charge in [-0.2, -0.15) is 0 Å².